The Bertz CT molecular complexity index is 1540. The normalized spacial score (nSPS) is 12.7. The van der Waals surface area contributed by atoms with Gasteiger partial charge in [-0.2, -0.15) is 0 Å². The molecule has 8 nitrogen and oxygen atoms in total. The Hall–Kier alpha value is -2.98. The molecule has 3 aromatic carbocycles. The molecule has 0 heterocycles. The summed E-state index contributed by atoms with van der Waals surface area (Å²) in [5, 5.41) is 4.01. The van der Waals surface area contributed by atoms with Crippen molar-refractivity contribution in [1.29, 1.82) is 0 Å². The summed E-state index contributed by atoms with van der Waals surface area (Å²) in [6.07, 6.45) is 2.29. The number of rotatable bonds is 15. The summed E-state index contributed by atoms with van der Waals surface area (Å²) in [6.45, 7) is 4.01. The molecule has 0 saturated heterocycles. The maximum absolute atomic E-state index is 14.0. The van der Waals surface area contributed by atoms with Gasteiger partial charge in [-0.1, -0.05) is 78.1 Å². The first kappa shape index (κ1) is 35.5. The number of ether oxygens (including phenoxy) is 1. The Morgan fingerprint density at radius 1 is 0.932 bits per heavy atom. The van der Waals surface area contributed by atoms with Crippen LogP contribution in [0.1, 0.15) is 44.2 Å². The van der Waals surface area contributed by atoms with Crippen LogP contribution in [0.5, 0.6) is 5.75 Å². The first-order valence-corrected chi connectivity index (χ1v) is 17.2. The number of halogens is 3. The van der Waals surface area contributed by atoms with Crippen molar-refractivity contribution in [3.05, 3.63) is 92.9 Å². The molecule has 0 aliphatic carbocycles. The molecule has 238 valence electrons. The Morgan fingerprint density at radius 3 is 2.23 bits per heavy atom. The van der Waals surface area contributed by atoms with Crippen LogP contribution in [0.3, 0.4) is 0 Å². The summed E-state index contributed by atoms with van der Waals surface area (Å²) in [6, 6.07) is 18.3. The van der Waals surface area contributed by atoms with Gasteiger partial charge in [-0.15, -0.1) is 0 Å². The van der Waals surface area contributed by atoms with Crippen molar-refractivity contribution in [3.63, 3.8) is 0 Å². The van der Waals surface area contributed by atoms with Crippen molar-refractivity contribution in [3.8, 4) is 5.75 Å². The number of anilines is 1. The smallest absolute Gasteiger partial charge is 0.243 e. The van der Waals surface area contributed by atoms with Gasteiger partial charge in [-0.3, -0.25) is 13.9 Å². The number of nitrogens with one attached hydrogen (secondary N) is 1. The zero-order chi connectivity index (χ0) is 32.4. The maximum atomic E-state index is 14.0. The minimum atomic E-state index is -3.70. The molecule has 3 aromatic rings. The molecule has 0 fully saturated rings. The van der Waals surface area contributed by atoms with Crippen LogP contribution in [0.25, 0.3) is 0 Å². The second kappa shape index (κ2) is 16.4. The van der Waals surface area contributed by atoms with Gasteiger partial charge in [-0.25, -0.2) is 8.42 Å². The molecule has 0 unspecified atom stereocenters. The van der Waals surface area contributed by atoms with E-state index in [9.17, 15) is 18.0 Å². The van der Waals surface area contributed by atoms with Gasteiger partial charge in [0.2, 0.25) is 21.8 Å². The highest BCUT2D eigenvalue weighted by Crippen LogP contribution is 2.30. The second-order valence-corrected chi connectivity index (χ2v) is 13.7. The van der Waals surface area contributed by atoms with E-state index in [-0.39, 0.29) is 55.2 Å². The fourth-order valence-corrected chi connectivity index (χ4v) is 6.17. The molecule has 2 amide bonds. The molecule has 0 spiro atoms. The number of methoxy groups -OCH3 is 1. The Labute approximate surface area is 275 Å². The zero-order valence-corrected chi connectivity index (χ0v) is 28.3. The predicted molar refractivity (Wildman–Crippen MR) is 178 cm³/mol. The van der Waals surface area contributed by atoms with Crippen LogP contribution in [-0.2, 0) is 32.6 Å². The molecular weight excluding hydrogens is 645 g/mol. The average molecular weight is 683 g/mol. The van der Waals surface area contributed by atoms with Gasteiger partial charge in [0.1, 0.15) is 11.8 Å². The van der Waals surface area contributed by atoms with Crippen molar-refractivity contribution < 1.29 is 22.7 Å². The van der Waals surface area contributed by atoms with Crippen molar-refractivity contribution in [1.82, 2.24) is 10.2 Å². The van der Waals surface area contributed by atoms with Crippen LogP contribution in [-0.4, -0.2) is 57.1 Å². The largest absolute Gasteiger partial charge is 0.495 e. The standard InChI is InChI=1S/C32H38Cl3N3O5S/c1-5-22(2)36-32(40)29(19-23-10-7-6-8-11-23)37(21-24-13-15-26(33)27(34)18-24)31(39)12-9-17-38(44(4,41)42)25-14-16-30(43-3)28(35)20-25/h6-8,10-11,13-16,18,20,22,29H,5,9,12,17,19,21H2,1-4H3,(H,36,40)/t22-,29-/m1/s1. The first-order chi connectivity index (χ1) is 20.8. The summed E-state index contributed by atoms with van der Waals surface area (Å²) in [7, 11) is -2.23. The number of nitrogens with zero attached hydrogens (tertiary/aromatic N) is 2. The second-order valence-electron chi connectivity index (χ2n) is 10.6. The Balaban J connectivity index is 1.92. The lowest BCUT2D eigenvalue weighted by atomic mass is 10.0. The lowest BCUT2D eigenvalue weighted by Gasteiger charge is -2.33. The third-order valence-electron chi connectivity index (χ3n) is 7.18. The van der Waals surface area contributed by atoms with Crippen molar-refractivity contribution in [2.45, 2.75) is 58.2 Å². The zero-order valence-electron chi connectivity index (χ0n) is 25.2. The van der Waals surface area contributed by atoms with E-state index in [1.165, 1.54) is 17.5 Å². The fourth-order valence-electron chi connectivity index (χ4n) is 4.64. The maximum Gasteiger partial charge on any atom is 0.243 e. The van der Waals surface area contributed by atoms with Crippen LogP contribution < -0.4 is 14.4 Å². The summed E-state index contributed by atoms with van der Waals surface area (Å²) in [4.78, 5) is 29.2. The number of amides is 2. The van der Waals surface area contributed by atoms with E-state index in [1.54, 1.807) is 35.2 Å². The van der Waals surface area contributed by atoms with Crippen LogP contribution in [0.4, 0.5) is 5.69 Å². The van der Waals surface area contributed by atoms with Gasteiger partial charge in [-0.05, 0) is 61.2 Å². The van der Waals surface area contributed by atoms with Crippen LogP contribution in [0.2, 0.25) is 15.1 Å². The minimum Gasteiger partial charge on any atom is -0.495 e. The SMILES string of the molecule is CC[C@@H](C)NC(=O)[C@@H](Cc1ccccc1)N(Cc1ccc(Cl)c(Cl)c1)C(=O)CCCN(c1ccc(OC)c(Cl)c1)S(C)(=O)=O. The summed E-state index contributed by atoms with van der Waals surface area (Å²) < 4.78 is 31.8. The number of carbonyl (C=O) groups is 2. The third-order valence-corrected chi connectivity index (χ3v) is 9.41. The molecule has 0 radical (unpaired) electrons. The van der Waals surface area contributed by atoms with Crippen molar-refractivity contribution >= 4 is 62.3 Å². The summed E-state index contributed by atoms with van der Waals surface area (Å²) in [5.74, 6) is -0.170. The summed E-state index contributed by atoms with van der Waals surface area (Å²) in [5.41, 5.74) is 1.95. The van der Waals surface area contributed by atoms with Crippen LogP contribution in [0.15, 0.2) is 66.7 Å². The quantitative estimate of drug-likeness (QED) is 0.191. The number of carbonyl (C=O) groups excluding carboxylic acids is 2. The molecule has 0 saturated carbocycles. The topological polar surface area (TPSA) is 96.0 Å². The molecule has 0 aliphatic heterocycles. The molecule has 0 aliphatic rings. The fraction of sp³-hybridized carbons (Fsp3) is 0.375. The monoisotopic (exact) mass is 681 g/mol. The highest BCUT2D eigenvalue weighted by Gasteiger charge is 2.31. The Kier molecular flexibility index (Phi) is 13.2. The molecular formula is C32H38Cl3N3O5S. The van der Waals surface area contributed by atoms with Gasteiger partial charge >= 0.3 is 0 Å². The van der Waals surface area contributed by atoms with E-state index < -0.39 is 16.1 Å². The highest BCUT2D eigenvalue weighted by molar-refractivity contribution is 7.92. The number of hydrogen-bond donors (Lipinski definition) is 1. The van der Waals surface area contributed by atoms with E-state index >= 15 is 0 Å². The molecule has 0 aromatic heterocycles. The van der Waals surface area contributed by atoms with Crippen molar-refractivity contribution in [2.24, 2.45) is 0 Å². The molecule has 12 heteroatoms. The van der Waals surface area contributed by atoms with Crippen LogP contribution >= 0.6 is 34.8 Å². The van der Waals surface area contributed by atoms with E-state index in [4.69, 9.17) is 39.5 Å². The first-order valence-electron chi connectivity index (χ1n) is 14.2. The predicted octanol–water partition coefficient (Wildman–Crippen LogP) is 6.76. The Morgan fingerprint density at radius 2 is 1.64 bits per heavy atom. The third kappa shape index (κ3) is 10.0. The molecule has 1 N–H and O–H groups in total. The van der Waals surface area contributed by atoms with Gasteiger partial charge in [0.25, 0.3) is 0 Å². The van der Waals surface area contributed by atoms with E-state index in [0.717, 1.165) is 18.2 Å². The summed E-state index contributed by atoms with van der Waals surface area (Å²) >= 11 is 18.7. The van der Waals surface area contributed by atoms with Gasteiger partial charge in [0, 0.05) is 32.0 Å². The van der Waals surface area contributed by atoms with Gasteiger partial charge < -0.3 is 15.0 Å². The van der Waals surface area contributed by atoms with E-state index in [0.29, 0.717) is 27.0 Å². The number of sulfonamides is 1. The number of hydrogen-bond acceptors (Lipinski definition) is 5. The van der Waals surface area contributed by atoms with Crippen molar-refractivity contribution in [2.75, 3.05) is 24.2 Å². The van der Waals surface area contributed by atoms with E-state index in [2.05, 4.69) is 5.32 Å². The highest BCUT2D eigenvalue weighted by atomic mass is 35.5. The molecule has 44 heavy (non-hydrogen) atoms. The molecule has 2 atom stereocenters. The van der Waals surface area contributed by atoms with Gasteiger partial charge in [0.05, 0.1) is 34.1 Å². The minimum absolute atomic E-state index is 0.0148. The number of benzene rings is 3. The van der Waals surface area contributed by atoms with Crippen LogP contribution in [0, 0.1) is 0 Å². The average Bonchev–Trinajstić information content (AvgIpc) is 2.98. The lowest BCUT2D eigenvalue weighted by molar-refractivity contribution is -0.141. The van der Waals surface area contributed by atoms with E-state index in [1.807, 2.05) is 44.2 Å². The molecule has 0 bridgehead atoms. The molecule has 3 rings (SSSR count). The van der Waals surface area contributed by atoms with Gasteiger partial charge in [0.15, 0.2) is 0 Å². The lowest BCUT2D eigenvalue weighted by Crippen LogP contribution is -2.52.